The molecule has 0 saturated heterocycles. The Labute approximate surface area is 131 Å². The Morgan fingerprint density at radius 3 is 2.90 bits per heavy atom. The first-order chi connectivity index (χ1) is 10.3. The van der Waals surface area contributed by atoms with Crippen molar-refractivity contribution in [2.75, 3.05) is 7.11 Å². The topological polar surface area (TPSA) is 45.9 Å². The summed E-state index contributed by atoms with van der Waals surface area (Å²) in [6, 6.07) is 15.9. The van der Waals surface area contributed by atoms with Gasteiger partial charge in [-0.15, -0.1) is 11.3 Å². The molecule has 0 saturated carbocycles. The fourth-order valence-corrected chi connectivity index (χ4v) is 3.99. The van der Waals surface area contributed by atoms with Gasteiger partial charge in [0.15, 0.2) is 4.34 Å². The summed E-state index contributed by atoms with van der Waals surface area (Å²) in [5, 5.41) is 8.99. The standard InChI is InChI=1S/C16H12N2OS2/c1-19-14-8-11(6-7-12(14)9-17)10-20-16-18-13-4-2-3-5-15(13)21-16/h2-8H,10H2,1H3. The van der Waals surface area contributed by atoms with Crippen molar-refractivity contribution in [1.82, 2.24) is 4.98 Å². The number of fused-ring (bicyclic) bond motifs is 1. The summed E-state index contributed by atoms with van der Waals surface area (Å²) in [6.45, 7) is 0. The molecule has 3 nitrogen and oxygen atoms in total. The van der Waals surface area contributed by atoms with Gasteiger partial charge in [0.25, 0.3) is 0 Å². The fourth-order valence-electron chi connectivity index (χ4n) is 1.98. The van der Waals surface area contributed by atoms with E-state index in [1.165, 1.54) is 4.70 Å². The number of para-hydroxylation sites is 1. The Bertz CT molecular complexity index is 788. The molecule has 1 aromatic heterocycles. The number of nitrogens with zero attached hydrogens (tertiary/aromatic N) is 2. The number of methoxy groups -OCH3 is 1. The zero-order chi connectivity index (χ0) is 14.7. The maximum Gasteiger partial charge on any atom is 0.151 e. The second-order valence-corrected chi connectivity index (χ2v) is 6.64. The summed E-state index contributed by atoms with van der Waals surface area (Å²) in [5.74, 6) is 1.43. The highest BCUT2D eigenvalue weighted by atomic mass is 32.2. The zero-order valence-electron chi connectivity index (χ0n) is 11.4. The van der Waals surface area contributed by atoms with Crippen LogP contribution < -0.4 is 4.74 Å². The van der Waals surface area contributed by atoms with Crippen LogP contribution in [-0.4, -0.2) is 12.1 Å². The van der Waals surface area contributed by atoms with Crippen LogP contribution in [0.25, 0.3) is 10.2 Å². The van der Waals surface area contributed by atoms with Gasteiger partial charge in [0, 0.05) is 5.75 Å². The minimum absolute atomic E-state index is 0.561. The molecular formula is C16H12N2OS2. The van der Waals surface area contributed by atoms with Gasteiger partial charge in [0.1, 0.15) is 11.8 Å². The molecule has 2 aromatic carbocycles. The van der Waals surface area contributed by atoms with Crippen LogP contribution in [0.3, 0.4) is 0 Å². The lowest BCUT2D eigenvalue weighted by atomic mass is 10.1. The minimum atomic E-state index is 0.561. The monoisotopic (exact) mass is 312 g/mol. The summed E-state index contributed by atoms with van der Waals surface area (Å²) in [7, 11) is 1.58. The molecule has 0 spiro atoms. The zero-order valence-corrected chi connectivity index (χ0v) is 13.0. The molecule has 1 heterocycles. The van der Waals surface area contributed by atoms with Gasteiger partial charge in [-0.25, -0.2) is 4.98 Å². The Hall–Kier alpha value is -2.03. The number of hydrogen-bond acceptors (Lipinski definition) is 5. The highest BCUT2D eigenvalue weighted by Crippen LogP contribution is 2.32. The second-order valence-electron chi connectivity index (χ2n) is 4.38. The van der Waals surface area contributed by atoms with Crippen LogP contribution in [0.15, 0.2) is 46.8 Å². The van der Waals surface area contributed by atoms with Gasteiger partial charge < -0.3 is 4.74 Å². The molecule has 0 aliphatic carbocycles. The fraction of sp³-hybridized carbons (Fsp3) is 0.125. The molecule has 0 aliphatic heterocycles. The number of nitriles is 1. The van der Waals surface area contributed by atoms with Crippen molar-refractivity contribution in [1.29, 1.82) is 5.26 Å². The third-order valence-corrected chi connectivity index (χ3v) is 5.27. The van der Waals surface area contributed by atoms with E-state index in [0.717, 1.165) is 21.2 Å². The Balaban J connectivity index is 1.77. The molecule has 104 valence electrons. The van der Waals surface area contributed by atoms with Gasteiger partial charge in [-0.05, 0) is 29.8 Å². The Kier molecular flexibility index (Phi) is 4.09. The lowest BCUT2D eigenvalue weighted by molar-refractivity contribution is 0.413. The quantitative estimate of drug-likeness (QED) is 0.667. The number of rotatable bonds is 4. The number of thioether (sulfide) groups is 1. The van der Waals surface area contributed by atoms with Crippen LogP contribution in [0.1, 0.15) is 11.1 Å². The molecule has 0 unspecified atom stereocenters. The van der Waals surface area contributed by atoms with Crippen LogP contribution >= 0.6 is 23.1 Å². The smallest absolute Gasteiger partial charge is 0.151 e. The van der Waals surface area contributed by atoms with Crippen molar-refractivity contribution in [2.24, 2.45) is 0 Å². The van der Waals surface area contributed by atoms with E-state index >= 15 is 0 Å². The number of hydrogen-bond donors (Lipinski definition) is 0. The average Bonchev–Trinajstić information content (AvgIpc) is 2.95. The molecule has 0 aliphatic rings. The van der Waals surface area contributed by atoms with Crippen molar-refractivity contribution < 1.29 is 4.74 Å². The van der Waals surface area contributed by atoms with E-state index in [-0.39, 0.29) is 0 Å². The van der Waals surface area contributed by atoms with Crippen LogP contribution in [0.4, 0.5) is 0 Å². The molecule has 3 aromatic rings. The molecule has 0 fully saturated rings. The Morgan fingerprint density at radius 1 is 1.29 bits per heavy atom. The summed E-state index contributed by atoms with van der Waals surface area (Å²) < 4.78 is 7.49. The summed E-state index contributed by atoms with van der Waals surface area (Å²) in [6.07, 6.45) is 0. The first-order valence-corrected chi connectivity index (χ1v) is 8.16. The van der Waals surface area contributed by atoms with Crippen molar-refractivity contribution in [2.45, 2.75) is 10.1 Å². The number of aromatic nitrogens is 1. The molecule has 0 amide bonds. The van der Waals surface area contributed by atoms with Crippen molar-refractivity contribution in [3.8, 4) is 11.8 Å². The normalized spacial score (nSPS) is 10.5. The lowest BCUT2D eigenvalue weighted by Crippen LogP contribution is -1.90. The predicted octanol–water partition coefficient (Wildman–Crippen LogP) is 4.47. The van der Waals surface area contributed by atoms with E-state index in [4.69, 9.17) is 10.00 Å². The maximum absolute atomic E-state index is 8.99. The molecule has 3 rings (SSSR count). The van der Waals surface area contributed by atoms with Gasteiger partial charge >= 0.3 is 0 Å². The number of thiazole rings is 1. The summed E-state index contributed by atoms with van der Waals surface area (Å²) in [4.78, 5) is 4.60. The second kappa shape index (κ2) is 6.17. The van der Waals surface area contributed by atoms with Crippen molar-refractivity contribution >= 4 is 33.3 Å². The van der Waals surface area contributed by atoms with Crippen molar-refractivity contribution in [3.63, 3.8) is 0 Å². The van der Waals surface area contributed by atoms with E-state index in [9.17, 15) is 0 Å². The average molecular weight is 312 g/mol. The molecular weight excluding hydrogens is 300 g/mol. The van der Waals surface area contributed by atoms with E-state index < -0.39 is 0 Å². The van der Waals surface area contributed by atoms with Crippen molar-refractivity contribution in [3.05, 3.63) is 53.6 Å². The highest BCUT2D eigenvalue weighted by Gasteiger charge is 2.07. The van der Waals surface area contributed by atoms with Gasteiger partial charge in [0.05, 0.1) is 22.9 Å². The van der Waals surface area contributed by atoms with Crippen LogP contribution in [0, 0.1) is 11.3 Å². The van der Waals surface area contributed by atoms with E-state index in [0.29, 0.717) is 11.3 Å². The number of benzene rings is 2. The van der Waals surface area contributed by atoms with E-state index in [1.807, 2.05) is 30.3 Å². The molecule has 21 heavy (non-hydrogen) atoms. The molecule has 0 radical (unpaired) electrons. The first-order valence-electron chi connectivity index (χ1n) is 6.35. The van der Waals surface area contributed by atoms with Crippen LogP contribution in [0.2, 0.25) is 0 Å². The van der Waals surface area contributed by atoms with Gasteiger partial charge in [-0.3, -0.25) is 0 Å². The van der Waals surface area contributed by atoms with Gasteiger partial charge in [-0.1, -0.05) is 30.0 Å². The van der Waals surface area contributed by atoms with Crippen LogP contribution in [-0.2, 0) is 5.75 Å². The Morgan fingerprint density at radius 2 is 2.14 bits per heavy atom. The molecule has 0 N–H and O–H groups in total. The third-order valence-electron chi connectivity index (χ3n) is 3.02. The minimum Gasteiger partial charge on any atom is -0.495 e. The first kappa shape index (κ1) is 13.9. The highest BCUT2D eigenvalue weighted by molar-refractivity contribution is 8.00. The SMILES string of the molecule is COc1cc(CSc2nc3ccccc3s2)ccc1C#N. The maximum atomic E-state index is 8.99. The van der Waals surface area contributed by atoms with Gasteiger partial charge in [-0.2, -0.15) is 5.26 Å². The van der Waals surface area contributed by atoms with Crippen LogP contribution in [0.5, 0.6) is 5.75 Å². The summed E-state index contributed by atoms with van der Waals surface area (Å²) in [5.41, 5.74) is 2.73. The largest absolute Gasteiger partial charge is 0.495 e. The lowest BCUT2D eigenvalue weighted by Gasteiger charge is -2.05. The number of ether oxygens (including phenoxy) is 1. The molecule has 5 heteroatoms. The molecule has 0 bridgehead atoms. The van der Waals surface area contributed by atoms with E-state index in [2.05, 4.69) is 17.1 Å². The summed E-state index contributed by atoms with van der Waals surface area (Å²) >= 11 is 3.40. The third kappa shape index (κ3) is 3.02. The molecule has 0 atom stereocenters. The predicted molar refractivity (Wildman–Crippen MR) is 86.9 cm³/mol. The van der Waals surface area contributed by atoms with E-state index in [1.54, 1.807) is 36.3 Å². The van der Waals surface area contributed by atoms with Gasteiger partial charge in [0.2, 0.25) is 0 Å².